The Hall–Kier alpha value is -7.43. The Labute approximate surface area is 477 Å². The molecule has 2 heterocycles. The van der Waals surface area contributed by atoms with Crippen molar-refractivity contribution >= 4 is 52.1 Å². The van der Waals surface area contributed by atoms with E-state index in [-0.39, 0.29) is 68.1 Å². The van der Waals surface area contributed by atoms with E-state index in [0.717, 1.165) is 57.9 Å². The lowest BCUT2D eigenvalue weighted by Crippen LogP contribution is -2.62. The average molecular weight is 1100 g/mol. The van der Waals surface area contributed by atoms with Gasteiger partial charge >= 0.3 is 0 Å². The van der Waals surface area contributed by atoms with Gasteiger partial charge in [-0.2, -0.15) is 0 Å². The van der Waals surface area contributed by atoms with Gasteiger partial charge in [0.25, 0.3) is 5.91 Å². The van der Waals surface area contributed by atoms with E-state index in [4.69, 9.17) is 0 Å². The molecule has 2 aliphatic heterocycles. The molecule has 0 spiro atoms. The molecule has 0 bridgehead atoms. The SMILES string of the molecule is CN[C@@H](C)C(=O)NC(C(=O)N1Cc2ccccc2C[C@H]1C(=O)N(Cc1ccc(C(=O)N[C@H]2C[C@@H](C(=O)N[C@@H]3CCCc4ccccc43)N(C(=O)[C@@H](NC(=O)[C@H](C)NC)C(C)(C)C)C2)cc1)[C@H](C)c1ccc2ccccc2c1)C(C)(C)C. The lowest BCUT2D eigenvalue weighted by atomic mass is 9.84. The first-order chi connectivity index (χ1) is 38.5. The van der Waals surface area contributed by atoms with Crippen molar-refractivity contribution in [1.82, 2.24) is 46.6 Å². The molecule has 0 aromatic heterocycles. The molecule has 6 N–H and O–H groups in total. The van der Waals surface area contributed by atoms with E-state index in [1.165, 1.54) is 10.5 Å². The minimum absolute atomic E-state index is 0.0405. The molecule has 8 rings (SSSR count). The van der Waals surface area contributed by atoms with Gasteiger partial charge in [-0.25, -0.2) is 0 Å². The van der Waals surface area contributed by atoms with Gasteiger partial charge in [0.15, 0.2) is 0 Å². The summed E-state index contributed by atoms with van der Waals surface area (Å²) in [5.41, 5.74) is 4.68. The molecule has 9 atom stereocenters. The fourth-order valence-electron chi connectivity index (χ4n) is 11.5. The van der Waals surface area contributed by atoms with Gasteiger partial charge < -0.3 is 46.6 Å². The maximum atomic E-state index is 15.7. The average Bonchev–Trinajstić information content (AvgIpc) is 3.94. The molecule has 0 radical (unpaired) electrons. The van der Waals surface area contributed by atoms with Crippen LogP contribution in [0.2, 0.25) is 0 Å². The van der Waals surface area contributed by atoms with E-state index in [0.29, 0.717) is 5.56 Å². The van der Waals surface area contributed by atoms with Crippen LogP contribution in [0.25, 0.3) is 10.8 Å². The van der Waals surface area contributed by atoms with Gasteiger partial charge in [0, 0.05) is 37.7 Å². The first-order valence-electron chi connectivity index (χ1n) is 28.7. The molecular weight excluding hydrogens is 1020 g/mol. The Morgan fingerprint density at radius 3 is 1.81 bits per heavy atom. The van der Waals surface area contributed by atoms with Crippen molar-refractivity contribution in [2.24, 2.45) is 10.8 Å². The van der Waals surface area contributed by atoms with Gasteiger partial charge in [-0.15, -0.1) is 0 Å². The highest BCUT2D eigenvalue weighted by Crippen LogP contribution is 2.35. The van der Waals surface area contributed by atoms with Gasteiger partial charge in [0.2, 0.25) is 35.4 Å². The summed E-state index contributed by atoms with van der Waals surface area (Å²) in [6.45, 7) is 17.1. The second kappa shape index (κ2) is 25.2. The zero-order valence-corrected chi connectivity index (χ0v) is 49.0. The number of carbonyl (C=O) groups excluding carboxylic acids is 7. The summed E-state index contributed by atoms with van der Waals surface area (Å²) in [5, 5.41) is 20.3. The van der Waals surface area contributed by atoms with E-state index in [2.05, 4.69) is 44.0 Å². The minimum Gasteiger partial charge on any atom is -0.347 e. The zero-order valence-electron chi connectivity index (χ0n) is 49.0. The van der Waals surface area contributed by atoms with Crippen molar-refractivity contribution in [3.8, 4) is 0 Å². The number of likely N-dealkylation sites (N-methyl/N-ethyl adjacent to an activating group) is 2. The number of nitrogens with zero attached hydrogens (tertiary/aromatic N) is 3. The molecule has 3 aliphatic rings. The van der Waals surface area contributed by atoms with Crippen LogP contribution in [0.3, 0.4) is 0 Å². The van der Waals surface area contributed by atoms with Crippen molar-refractivity contribution in [2.75, 3.05) is 20.6 Å². The van der Waals surface area contributed by atoms with Crippen LogP contribution in [0.1, 0.15) is 137 Å². The first-order valence-corrected chi connectivity index (χ1v) is 28.7. The van der Waals surface area contributed by atoms with Gasteiger partial charge in [0.05, 0.1) is 24.2 Å². The Bertz CT molecular complexity index is 3130. The van der Waals surface area contributed by atoms with Crippen LogP contribution in [0.15, 0.2) is 115 Å². The standard InChI is InChI=1S/C65H83N9O7/c1-39(66-10)57(75)70-55(64(4,5)6)62(80)73-37-49-23-15-14-22-48(49)34-54(73)61(79)72(41(3)46-32-31-43-19-12-13-21-47(43)33-46)36-42-27-29-45(30-28-42)59(77)68-50-35-53(60(78)69-52-26-18-24-44-20-16-17-25-51(44)52)74(38-50)63(81)56(65(7,8)9)71-58(76)40(2)67-11/h12-17,19-23,25,27-33,39-41,50,52-56,66-67H,18,24,26,34-38H2,1-11H3,(H,68,77)(H,69,78)(H,70,75)(H,71,76)/t39-,40-,41+,50-,52+,53-,54-,55?,56+/m0/s1. The van der Waals surface area contributed by atoms with Crippen LogP contribution in [-0.4, -0.2) is 119 Å². The van der Waals surface area contributed by atoms with Crippen LogP contribution >= 0.6 is 0 Å². The molecule has 1 unspecified atom stereocenters. The quantitative estimate of drug-likeness (QED) is 0.0565. The maximum Gasteiger partial charge on any atom is 0.251 e. The summed E-state index contributed by atoms with van der Waals surface area (Å²) in [5.74, 6) is -2.42. The van der Waals surface area contributed by atoms with Crippen molar-refractivity contribution in [3.63, 3.8) is 0 Å². The van der Waals surface area contributed by atoms with E-state index in [9.17, 15) is 24.0 Å². The van der Waals surface area contributed by atoms with Gasteiger partial charge in [0.1, 0.15) is 24.2 Å². The second-order valence-corrected chi connectivity index (χ2v) is 24.6. The van der Waals surface area contributed by atoms with Crippen molar-refractivity contribution < 1.29 is 33.6 Å². The smallest absolute Gasteiger partial charge is 0.251 e. The summed E-state index contributed by atoms with van der Waals surface area (Å²) in [6.07, 6.45) is 2.98. The molecule has 81 heavy (non-hydrogen) atoms. The van der Waals surface area contributed by atoms with E-state index < -0.39 is 71.0 Å². The van der Waals surface area contributed by atoms with Crippen molar-refractivity contribution in [1.29, 1.82) is 0 Å². The topological polar surface area (TPSA) is 201 Å². The molecule has 16 nitrogen and oxygen atoms in total. The summed E-state index contributed by atoms with van der Waals surface area (Å²) in [7, 11) is 3.36. The summed E-state index contributed by atoms with van der Waals surface area (Å²) in [6, 6.07) is 31.0. The Morgan fingerprint density at radius 1 is 0.630 bits per heavy atom. The summed E-state index contributed by atoms with van der Waals surface area (Å²) >= 11 is 0. The molecular formula is C65H83N9O7. The third kappa shape index (κ3) is 13.7. The molecule has 1 aliphatic carbocycles. The summed E-state index contributed by atoms with van der Waals surface area (Å²) < 4.78 is 0. The largest absolute Gasteiger partial charge is 0.347 e. The van der Waals surface area contributed by atoms with Crippen LogP contribution < -0.4 is 31.9 Å². The number of nitrogens with one attached hydrogen (secondary N) is 6. The van der Waals surface area contributed by atoms with Gasteiger partial charge in [-0.3, -0.25) is 33.6 Å². The Kier molecular flexibility index (Phi) is 18.5. The molecule has 5 aromatic carbocycles. The normalized spacial score (nSPS) is 19.9. The lowest BCUT2D eigenvalue weighted by Gasteiger charge is -2.43. The Balaban J connectivity index is 1.07. The number of rotatable bonds is 17. The minimum atomic E-state index is -0.971. The molecule has 1 saturated heterocycles. The van der Waals surface area contributed by atoms with Crippen LogP contribution in [-0.2, 0) is 54.7 Å². The number of aryl methyl sites for hydroxylation is 1. The number of amides is 7. The number of carbonyl (C=O) groups is 7. The number of fused-ring (bicyclic) bond motifs is 3. The predicted octanol–water partition coefficient (Wildman–Crippen LogP) is 7.05. The fraction of sp³-hybridized carbons (Fsp3) is 0.462. The molecule has 16 heteroatoms. The van der Waals surface area contributed by atoms with E-state index in [1.807, 2.05) is 139 Å². The monoisotopic (exact) mass is 1100 g/mol. The maximum absolute atomic E-state index is 15.7. The highest BCUT2D eigenvalue weighted by molar-refractivity contribution is 5.97. The zero-order chi connectivity index (χ0) is 58.5. The molecule has 7 amide bonds. The number of likely N-dealkylation sites (tertiary alicyclic amines) is 1. The molecule has 5 aromatic rings. The third-order valence-electron chi connectivity index (χ3n) is 16.8. The van der Waals surface area contributed by atoms with Gasteiger partial charge in [-0.05, 0) is 134 Å². The van der Waals surface area contributed by atoms with Crippen LogP contribution in [0.4, 0.5) is 0 Å². The van der Waals surface area contributed by atoms with E-state index >= 15 is 9.59 Å². The molecule has 0 saturated carbocycles. The highest BCUT2D eigenvalue weighted by Gasteiger charge is 2.47. The van der Waals surface area contributed by atoms with E-state index in [1.54, 1.807) is 49.9 Å². The van der Waals surface area contributed by atoms with Gasteiger partial charge in [-0.1, -0.05) is 139 Å². The second-order valence-electron chi connectivity index (χ2n) is 24.6. The summed E-state index contributed by atoms with van der Waals surface area (Å²) in [4.78, 5) is 106. The predicted molar refractivity (Wildman–Crippen MR) is 315 cm³/mol. The number of benzene rings is 5. The van der Waals surface area contributed by atoms with Crippen molar-refractivity contribution in [3.05, 3.63) is 154 Å². The Morgan fingerprint density at radius 2 is 1.20 bits per heavy atom. The van der Waals surface area contributed by atoms with Crippen LogP contribution in [0, 0.1) is 10.8 Å². The highest BCUT2D eigenvalue weighted by atomic mass is 16.2. The third-order valence-corrected chi connectivity index (χ3v) is 16.8. The van der Waals surface area contributed by atoms with Crippen molar-refractivity contribution in [2.45, 2.75) is 162 Å². The fourth-order valence-corrected chi connectivity index (χ4v) is 11.5. The van der Waals surface area contributed by atoms with Crippen LogP contribution in [0.5, 0.6) is 0 Å². The molecule has 430 valence electrons. The number of hydrogen-bond acceptors (Lipinski definition) is 9. The number of hydrogen-bond donors (Lipinski definition) is 6. The molecule has 1 fully saturated rings. The first kappa shape index (κ1) is 59.7. The lowest BCUT2D eigenvalue weighted by molar-refractivity contribution is -0.152.